The Balaban J connectivity index is 1.98. The van der Waals surface area contributed by atoms with E-state index in [-0.39, 0.29) is 0 Å². The zero-order valence-corrected chi connectivity index (χ0v) is 12.8. The fourth-order valence-corrected chi connectivity index (χ4v) is 2.36. The summed E-state index contributed by atoms with van der Waals surface area (Å²) in [5.74, 6) is 0. The van der Waals surface area contributed by atoms with Gasteiger partial charge < -0.3 is 5.32 Å². The van der Waals surface area contributed by atoms with E-state index < -0.39 is 0 Å². The molecule has 1 unspecified atom stereocenters. The van der Waals surface area contributed by atoms with Gasteiger partial charge in [-0.1, -0.05) is 36.8 Å². The maximum atomic E-state index is 4.54. The lowest BCUT2D eigenvalue weighted by Crippen LogP contribution is -2.23. The van der Waals surface area contributed by atoms with Crippen LogP contribution >= 0.6 is 0 Å². The molecule has 1 aromatic heterocycles. The van der Waals surface area contributed by atoms with Crippen LogP contribution in [0.1, 0.15) is 42.6 Å². The van der Waals surface area contributed by atoms with Crippen molar-refractivity contribution in [1.29, 1.82) is 0 Å². The van der Waals surface area contributed by atoms with Gasteiger partial charge in [0.1, 0.15) is 0 Å². The summed E-state index contributed by atoms with van der Waals surface area (Å²) in [4.78, 5) is 0. The van der Waals surface area contributed by atoms with Gasteiger partial charge in [0.2, 0.25) is 0 Å². The Morgan fingerprint density at radius 1 is 1.20 bits per heavy atom. The molecular weight excluding hydrogens is 246 g/mol. The van der Waals surface area contributed by atoms with Gasteiger partial charge in [0.25, 0.3) is 0 Å². The molecule has 0 fully saturated rings. The topological polar surface area (TPSA) is 29.9 Å². The Kier molecular flexibility index (Phi) is 5.36. The van der Waals surface area contributed by atoms with Crippen LogP contribution in [-0.2, 0) is 13.5 Å². The van der Waals surface area contributed by atoms with Gasteiger partial charge in [0.15, 0.2) is 0 Å². The van der Waals surface area contributed by atoms with Crippen molar-refractivity contribution in [2.75, 3.05) is 6.54 Å². The molecule has 3 nitrogen and oxygen atoms in total. The molecule has 0 radical (unpaired) electrons. The van der Waals surface area contributed by atoms with Crippen molar-refractivity contribution in [3.8, 4) is 0 Å². The van der Waals surface area contributed by atoms with E-state index in [2.05, 4.69) is 54.6 Å². The summed E-state index contributed by atoms with van der Waals surface area (Å²) < 4.78 is 1.88. The smallest absolute Gasteiger partial charge is 0.0793 e. The van der Waals surface area contributed by atoms with Gasteiger partial charge >= 0.3 is 0 Å². The van der Waals surface area contributed by atoms with E-state index in [1.807, 2.05) is 17.9 Å². The molecule has 0 aliphatic heterocycles. The van der Waals surface area contributed by atoms with Gasteiger partial charge in [-0.25, -0.2) is 0 Å². The number of rotatable bonds is 7. The molecule has 0 aliphatic rings. The highest BCUT2D eigenvalue weighted by Crippen LogP contribution is 2.18. The van der Waals surface area contributed by atoms with Crippen molar-refractivity contribution in [1.82, 2.24) is 15.1 Å². The monoisotopic (exact) mass is 271 g/mol. The third-order valence-electron chi connectivity index (χ3n) is 3.57. The summed E-state index contributed by atoms with van der Waals surface area (Å²) in [6.07, 6.45) is 5.33. The maximum absolute atomic E-state index is 4.54. The second kappa shape index (κ2) is 7.25. The van der Waals surface area contributed by atoms with Crippen molar-refractivity contribution in [2.24, 2.45) is 7.05 Å². The lowest BCUT2D eigenvalue weighted by Gasteiger charge is -2.16. The summed E-state index contributed by atoms with van der Waals surface area (Å²) >= 11 is 0. The van der Waals surface area contributed by atoms with Crippen LogP contribution in [0.2, 0.25) is 0 Å². The van der Waals surface area contributed by atoms with E-state index >= 15 is 0 Å². The maximum Gasteiger partial charge on any atom is 0.0793 e. The van der Waals surface area contributed by atoms with Crippen LogP contribution in [0.4, 0.5) is 0 Å². The van der Waals surface area contributed by atoms with E-state index in [0.29, 0.717) is 6.04 Å². The van der Waals surface area contributed by atoms with Gasteiger partial charge in [-0.2, -0.15) is 5.10 Å². The Labute approximate surface area is 122 Å². The number of hydrogen-bond donors (Lipinski definition) is 1. The van der Waals surface area contributed by atoms with Gasteiger partial charge in [0, 0.05) is 13.2 Å². The molecule has 1 N–H and O–H groups in total. The number of hydrogen-bond acceptors (Lipinski definition) is 2. The Morgan fingerprint density at radius 3 is 2.55 bits per heavy atom. The standard InChI is InChI=1S/C17H25N3/c1-4-12-18-16(17-11-13-20(3)19-17)10-9-15-7-5-14(2)6-8-15/h5-8,11,13,16,18H,4,9-10,12H2,1-3H3. The second-order valence-corrected chi connectivity index (χ2v) is 5.45. The first kappa shape index (κ1) is 14.8. The average Bonchev–Trinajstić information content (AvgIpc) is 2.87. The molecule has 0 amide bonds. The van der Waals surface area contributed by atoms with Gasteiger partial charge in [-0.15, -0.1) is 0 Å². The van der Waals surface area contributed by atoms with E-state index in [9.17, 15) is 0 Å². The molecule has 1 heterocycles. The van der Waals surface area contributed by atoms with Crippen molar-refractivity contribution < 1.29 is 0 Å². The van der Waals surface area contributed by atoms with Gasteiger partial charge in [-0.05, 0) is 44.4 Å². The first-order chi connectivity index (χ1) is 9.69. The third kappa shape index (κ3) is 4.20. The predicted molar refractivity (Wildman–Crippen MR) is 83.7 cm³/mol. The van der Waals surface area contributed by atoms with Gasteiger partial charge in [-0.3, -0.25) is 4.68 Å². The fourth-order valence-electron chi connectivity index (χ4n) is 2.36. The lowest BCUT2D eigenvalue weighted by molar-refractivity contribution is 0.483. The summed E-state index contributed by atoms with van der Waals surface area (Å²) in [6, 6.07) is 11.3. The van der Waals surface area contributed by atoms with Crippen molar-refractivity contribution in [3.63, 3.8) is 0 Å². The quantitative estimate of drug-likeness (QED) is 0.836. The molecule has 2 aromatic rings. The minimum atomic E-state index is 0.345. The SMILES string of the molecule is CCCNC(CCc1ccc(C)cc1)c1ccn(C)n1. The summed E-state index contributed by atoms with van der Waals surface area (Å²) in [5, 5.41) is 8.15. The van der Waals surface area contributed by atoms with Crippen LogP contribution in [0.25, 0.3) is 0 Å². The van der Waals surface area contributed by atoms with Crippen LogP contribution < -0.4 is 5.32 Å². The number of aromatic nitrogens is 2. The lowest BCUT2D eigenvalue weighted by atomic mass is 10.0. The number of benzene rings is 1. The zero-order chi connectivity index (χ0) is 14.4. The van der Waals surface area contributed by atoms with Crippen molar-refractivity contribution >= 4 is 0 Å². The number of nitrogens with zero attached hydrogens (tertiary/aromatic N) is 2. The Hall–Kier alpha value is -1.61. The molecular formula is C17H25N3. The Morgan fingerprint density at radius 2 is 1.95 bits per heavy atom. The van der Waals surface area contributed by atoms with E-state index in [4.69, 9.17) is 0 Å². The van der Waals surface area contributed by atoms with E-state index in [0.717, 1.165) is 31.5 Å². The normalized spacial score (nSPS) is 12.6. The predicted octanol–water partition coefficient (Wildman–Crippen LogP) is 3.40. The largest absolute Gasteiger partial charge is 0.309 e. The van der Waals surface area contributed by atoms with Crippen LogP contribution in [0.5, 0.6) is 0 Å². The first-order valence-electron chi connectivity index (χ1n) is 7.47. The molecule has 2 rings (SSSR count). The summed E-state index contributed by atoms with van der Waals surface area (Å²) in [5.41, 5.74) is 3.86. The third-order valence-corrected chi connectivity index (χ3v) is 3.57. The molecule has 108 valence electrons. The first-order valence-corrected chi connectivity index (χ1v) is 7.47. The highest BCUT2D eigenvalue weighted by Gasteiger charge is 2.13. The van der Waals surface area contributed by atoms with Crippen molar-refractivity contribution in [3.05, 3.63) is 53.3 Å². The molecule has 20 heavy (non-hydrogen) atoms. The van der Waals surface area contributed by atoms with Gasteiger partial charge in [0.05, 0.1) is 11.7 Å². The second-order valence-electron chi connectivity index (χ2n) is 5.45. The molecule has 0 bridgehead atoms. The molecule has 3 heteroatoms. The minimum absolute atomic E-state index is 0.345. The molecule has 0 saturated carbocycles. The number of nitrogens with one attached hydrogen (secondary N) is 1. The highest BCUT2D eigenvalue weighted by atomic mass is 15.3. The zero-order valence-electron chi connectivity index (χ0n) is 12.8. The minimum Gasteiger partial charge on any atom is -0.309 e. The van der Waals surface area contributed by atoms with Crippen molar-refractivity contribution in [2.45, 2.75) is 39.2 Å². The average molecular weight is 271 g/mol. The number of aryl methyl sites for hydroxylation is 3. The molecule has 0 spiro atoms. The van der Waals surface area contributed by atoms with Crippen LogP contribution in [0.15, 0.2) is 36.5 Å². The van der Waals surface area contributed by atoms with Crippen LogP contribution in [0, 0.1) is 6.92 Å². The summed E-state index contributed by atoms with van der Waals surface area (Å²) in [6.45, 7) is 5.36. The van der Waals surface area contributed by atoms with E-state index in [1.165, 1.54) is 11.1 Å². The molecule has 1 aromatic carbocycles. The van der Waals surface area contributed by atoms with E-state index in [1.54, 1.807) is 0 Å². The Bertz CT molecular complexity index is 513. The molecule has 1 atom stereocenters. The van der Waals surface area contributed by atoms with Crippen LogP contribution in [0.3, 0.4) is 0 Å². The highest BCUT2D eigenvalue weighted by molar-refractivity contribution is 5.21. The molecule has 0 aliphatic carbocycles. The van der Waals surface area contributed by atoms with Crippen LogP contribution in [-0.4, -0.2) is 16.3 Å². The summed E-state index contributed by atoms with van der Waals surface area (Å²) in [7, 11) is 1.97. The molecule has 0 saturated heterocycles. The fraction of sp³-hybridized carbons (Fsp3) is 0.471.